The number of ether oxygens (including phenoxy) is 4. The lowest BCUT2D eigenvalue weighted by molar-refractivity contribution is -0.215. The molecule has 1 aromatic carbocycles. The predicted molar refractivity (Wildman–Crippen MR) is 139 cm³/mol. The van der Waals surface area contributed by atoms with Gasteiger partial charge in [0.1, 0.15) is 11.9 Å². The molecule has 6 nitrogen and oxygen atoms in total. The van der Waals surface area contributed by atoms with E-state index in [0.717, 1.165) is 42.6 Å². The summed E-state index contributed by atoms with van der Waals surface area (Å²) in [5.41, 5.74) is 1.56. The summed E-state index contributed by atoms with van der Waals surface area (Å²) in [7, 11) is 1.65. The summed E-state index contributed by atoms with van der Waals surface area (Å²) < 4.78 is 23.4. The average Bonchev–Trinajstić information content (AvgIpc) is 2.82. The summed E-state index contributed by atoms with van der Waals surface area (Å²) >= 11 is 0. The molecule has 0 radical (unpaired) electrons. The van der Waals surface area contributed by atoms with Gasteiger partial charge in [-0.05, 0) is 54.7 Å². The van der Waals surface area contributed by atoms with Crippen molar-refractivity contribution in [2.45, 2.75) is 78.6 Å². The smallest absolute Gasteiger partial charge is 0.302 e. The molecule has 2 saturated carbocycles. The molecule has 3 rings (SSSR count). The maximum atomic E-state index is 12.2. The van der Waals surface area contributed by atoms with E-state index in [2.05, 4.69) is 27.0 Å². The zero-order chi connectivity index (χ0) is 26.5. The van der Waals surface area contributed by atoms with Crippen molar-refractivity contribution in [2.24, 2.45) is 22.7 Å². The molecule has 0 aromatic heterocycles. The average molecular weight is 499 g/mol. The van der Waals surface area contributed by atoms with E-state index in [9.17, 15) is 9.59 Å². The maximum Gasteiger partial charge on any atom is 0.302 e. The molecule has 2 aliphatic carbocycles. The van der Waals surface area contributed by atoms with Gasteiger partial charge in [-0.3, -0.25) is 9.59 Å². The number of hydrogen-bond donors (Lipinski definition) is 0. The fourth-order valence-corrected chi connectivity index (χ4v) is 6.79. The second kappa shape index (κ2) is 11.6. The van der Waals surface area contributed by atoms with Gasteiger partial charge < -0.3 is 18.9 Å². The minimum Gasteiger partial charge on any atom is -0.497 e. The van der Waals surface area contributed by atoms with Gasteiger partial charge in [-0.1, -0.05) is 44.2 Å². The molecule has 0 N–H and O–H groups in total. The van der Waals surface area contributed by atoms with Crippen LogP contribution in [0, 0.1) is 22.7 Å². The van der Waals surface area contributed by atoms with Crippen LogP contribution in [-0.2, 0) is 30.4 Å². The molecule has 0 heterocycles. The van der Waals surface area contributed by atoms with Gasteiger partial charge in [-0.2, -0.15) is 0 Å². The number of benzene rings is 1. The SMILES string of the molecule is C=CC[C@@H](OC(C)=O)[C@]1(C)[C@@H](OCc2ccc(OC)cc2)CC[C@@]2(C)[C@H]1CCC(=C)[C@@H]2COC(C)=O. The fourth-order valence-electron chi connectivity index (χ4n) is 6.79. The number of esters is 2. The molecule has 6 atom stereocenters. The van der Waals surface area contributed by atoms with E-state index < -0.39 is 5.41 Å². The highest BCUT2D eigenvalue weighted by Crippen LogP contribution is 2.63. The second-order valence-corrected chi connectivity index (χ2v) is 10.8. The Morgan fingerprint density at radius 3 is 2.42 bits per heavy atom. The van der Waals surface area contributed by atoms with E-state index in [1.165, 1.54) is 13.8 Å². The lowest BCUT2D eigenvalue weighted by atomic mass is 9.45. The molecule has 0 unspecified atom stereocenters. The number of hydrogen-bond acceptors (Lipinski definition) is 6. The number of carbonyl (C=O) groups is 2. The van der Waals surface area contributed by atoms with Gasteiger partial charge in [-0.25, -0.2) is 0 Å². The number of rotatable bonds is 10. The Bertz CT molecular complexity index is 953. The van der Waals surface area contributed by atoms with Gasteiger partial charge in [0.2, 0.25) is 0 Å². The number of methoxy groups -OCH3 is 1. The third kappa shape index (κ3) is 5.69. The minimum atomic E-state index is -0.464. The Morgan fingerprint density at radius 1 is 1.14 bits per heavy atom. The van der Waals surface area contributed by atoms with Crippen LogP contribution in [0.3, 0.4) is 0 Å². The summed E-state index contributed by atoms with van der Waals surface area (Å²) in [6, 6.07) is 7.88. The molecule has 0 amide bonds. The standard InChI is InChI=1S/C30H42O6/c1-8-9-28(36-22(4)32)30(6)26-15-10-20(2)25(19-34-21(3)31)29(26,5)17-16-27(30)35-18-23-11-13-24(33-7)14-12-23/h8,11-14,25-28H,1-2,9-10,15-19H2,3-7H3/t25-,26+,27-,28+,29+,30-/m0/s1. The van der Waals surface area contributed by atoms with E-state index in [0.29, 0.717) is 19.6 Å². The Kier molecular flexibility index (Phi) is 9.04. The van der Waals surface area contributed by atoms with Crippen LogP contribution in [0.25, 0.3) is 0 Å². The molecule has 6 heteroatoms. The number of carbonyl (C=O) groups excluding carboxylic acids is 2. The molecule has 0 bridgehead atoms. The van der Waals surface area contributed by atoms with Gasteiger partial charge in [0, 0.05) is 31.6 Å². The molecule has 2 aliphatic rings. The molecular formula is C30H42O6. The zero-order valence-electron chi connectivity index (χ0n) is 22.5. The molecular weight excluding hydrogens is 456 g/mol. The first-order valence-electron chi connectivity index (χ1n) is 12.9. The molecule has 36 heavy (non-hydrogen) atoms. The zero-order valence-corrected chi connectivity index (χ0v) is 22.5. The topological polar surface area (TPSA) is 71.1 Å². The summed E-state index contributed by atoms with van der Waals surface area (Å²) in [6.07, 6.45) is 5.34. The Labute approximate surface area is 216 Å². The van der Waals surface area contributed by atoms with Crippen LogP contribution >= 0.6 is 0 Å². The fraction of sp³-hybridized carbons (Fsp3) is 0.600. The minimum absolute atomic E-state index is 0.0451. The van der Waals surface area contributed by atoms with E-state index in [1.807, 2.05) is 30.3 Å². The highest BCUT2D eigenvalue weighted by atomic mass is 16.5. The number of fused-ring (bicyclic) bond motifs is 1. The summed E-state index contributed by atoms with van der Waals surface area (Å²) in [6.45, 7) is 16.5. The van der Waals surface area contributed by atoms with Crippen molar-refractivity contribution < 1.29 is 28.5 Å². The van der Waals surface area contributed by atoms with Gasteiger partial charge in [0.15, 0.2) is 0 Å². The Balaban J connectivity index is 1.97. The molecule has 0 spiro atoms. The lowest BCUT2D eigenvalue weighted by Gasteiger charge is -2.62. The van der Waals surface area contributed by atoms with Gasteiger partial charge in [0.05, 0.1) is 26.4 Å². The van der Waals surface area contributed by atoms with Crippen molar-refractivity contribution in [1.29, 1.82) is 0 Å². The third-order valence-electron chi connectivity index (χ3n) is 8.68. The highest BCUT2D eigenvalue weighted by Gasteiger charge is 2.61. The summed E-state index contributed by atoms with van der Waals surface area (Å²) in [4.78, 5) is 23.9. The van der Waals surface area contributed by atoms with Gasteiger partial charge in [0.25, 0.3) is 0 Å². The van der Waals surface area contributed by atoms with Crippen molar-refractivity contribution in [3.8, 4) is 5.75 Å². The molecule has 0 saturated heterocycles. The summed E-state index contributed by atoms with van der Waals surface area (Å²) in [5.74, 6) is 0.441. The van der Waals surface area contributed by atoms with E-state index in [-0.39, 0.29) is 41.4 Å². The predicted octanol–water partition coefficient (Wildman–Crippen LogP) is 6.04. The molecule has 1 aromatic rings. The van der Waals surface area contributed by atoms with Crippen molar-refractivity contribution >= 4 is 11.9 Å². The van der Waals surface area contributed by atoms with Crippen LogP contribution in [0.15, 0.2) is 49.1 Å². The molecule has 0 aliphatic heterocycles. The van der Waals surface area contributed by atoms with E-state index in [1.54, 1.807) is 7.11 Å². The summed E-state index contributed by atoms with van der Waals surface area (Å²) in [5, 5.41) is 0. The van der Waals surface area contributed by atoms with Crippen LogP contribution in [0.2, 0.25) is 0 Å². The molecule has 2 fully saturated rings. The van der Waals surface area contributed by atoms with Crippen LogP contribution in [0.1, 0.15) is 65.4 Å². The van der Waals surface area contributed by atoms with Crippen LogP contribution in [0.5, 0.6) is 5.75 Å². The van der Waals surface area contributed by atoms with E-state index in [4.69, 9.17) is 18.9 Å². The lowest BCUT2D eigenvalue weighted by Crippen LogP contribution is -2.62. The normalized spacial score (nSPS) is 30.6. The highest BCUT2D eigenvalue weighted by molar-refractivity contribution is 5.66. The maximum absolute atomic E-state index is 12.2. The third-order valence-corrected chi connectivity index (χ3v) is 8.68. The Morgan fingerprint density at radius 2 is 1.83 bits per heavy atom. The first kappa shape index (κ1) is 28.0. The first-order valence-corrected chi connectivity index (χ1v) is 12.9. The van der Waals surface area contributed by atoms with Crippen LogP contribution in [-0.4, -0.2) is 37.9 Å². The van der Waals surface area contributed by atoms with Gasteiger partial charge in [-0.15, -0.1) is 6.58 Å². The Hall–Kier alpha value is -2.60. The molecule has 198 valence electrons. The van der Waals surface area contributed by atoms with Crippen molar-refractivity contribution in [2.75, 3.05) is 13.7 Å². The largest absolute Gasteiger partial charge is 0.497 e. The van der Waals surface area contributed by atoms with Crippen molar-refractivity contribution in [3.63, 3.8) is 0 Å². The quantitative estimate of drug-likeness (QED) is 0.289. The second-order valence-electron chi connectivity index (χ2n) is 10.8. The van der Waals surface area contributed by atoms with Crippen molar-refractivity contribution in [3.05, 3.63) is 54.6 Å². The van der Waals surface area contributed by atoms with E-state index >= 15 is 0 Å². The first-order chi connectivity index (χ1) is 17.1. The monoisotopic (exact) mass is 498 g/mol. The van der Waals surface area contributed by atoms with Crippen LogP contribution in [0.4, 0.5) is 0 Å². The van der Waals surface area contributed by atoms with Crippen LogP contribution < -0.4 is 4.74 Å². The van der Waals surface area contributed by atoms with Crippen molar-refractivity contribution in [1.82, 2.24) is 0 Å². The van der Waals surface area contributed by atoms with Gasteiger partial charge >= 0.3 is 11.9 Å².